The van der Waals surface area contributed by atoms with Gasteiger partial charge in [-0.2, -0.15) is 0 Å². The van der Waals surface area contributed by atoms with Crippen molar-refractivity contribution >= 4 is 47.1 Å². The van der Waals surface area contributed by atoms with Crippen molar-refractivity contribution in [3.05, 3.63) is 36.4 Å². The lowest BCUT2D eigenvalue weighted by Gasteiger charge is -2.18. The Morgan fingerprint density at radius 2 is 1.56 bits per heavy atom. The molecule has 0 saturated heterocycles. The highest BCUT2D eigenvalue weighted by atomic mass is 32.2. The first kappa shape index (κ1) is 21.2. The number of urea groups is 1. The number of hydroxylamine groups is 1. The van der Waals surface area contributed by atoms with Gasteiger partial charge in [0, 0.05) is 49.9 Å². The van der Waals surface area contributed by atoms with E-state index in [1.807, 2.05) is 62.3 Å². The van der Waals surface area contributed by atoms with E-state index in [4.69, 9.17) is 4.84 Å². The molecule has 7 nitrogen and oxygen atoms in total. The molecule has 2 rings (SSSR count). The normalized spacial score (nSPS) is 10.4. The Morgan fingerprint density at radius 3 is 2.00 bits per heavy atom. The number of carbonyl (C=O) groups excluding carboxylic acids is 1. The van der Waals surface area contributed by atoms with Crippen molar-refractivity contribution in [2.45, 2.75) is 9.79 Å². The number of aromatic nitrogens is 1. The van der Waals surface area contributed by atoms with Gasteiger partial charge in [-0.25, -0.2) is 9.78 Å². The molecule has 0 saturated carbocycles. The monoisotopic (exact) mass is 407 g/mol. The fraction of sp³-hybridized carbons (Fsp3) is 0.333. The summed E-state index contributed by atoms with van der Waals surface area (Å²) in [5.74, 6) is 1.81. The molecule has 0 aliphatic rings. The summed E-state index contributed by atoms with van der Waals surface area (Å²) in [7, 11) is 9.36. The molecule has 1 aromatic carbocycles. The Morgan fingerprint density at radius 1 is 1.00 bits per heavy atom. The molecule has 0 spiro atoms. The number of hydrogen-bond donors (Lipinski definition) is 1. The first-order valence-corrected chi connectivity index (χ1v) is 10.2. The zero-order valence-electron chi connectivity index (χ0n) is 16.4. The Hall–Kier alpha value is -2.10. The van der Waals surface area contributed by atoms with Crippen molar-refractivity contribution in [2.24, 2.45) is 0 Å². The number of nitrogens with zero attached hydrogens (tertiary/aromatic N) is 4. The lowest BCUT2D eigenvalue weighted by molar-refractivity contribution is 0.00527. The summed E-state index contributed by atoms with van der Waals surface area (Å²) in [6.45, 7) is 0. The molecule has 0 aliphatic carbocycles. The van der Waals surface area contributed by atoms with E-state index in [2.05, 4.69) is 22.4 Å². The highest BCUT2D eigenvalue weighted by Crippen LogP contribution is 2.32. The summed E-state index contributed by atoms with van der Waals surface area (Å²) in [5, 5.41) is 2.79. The van der Waals surface area contributed by atoms with E-state index in [1.54, 1.807) is 18.0 Å². The predicted molar refractivity (Wildman–Crippen MR) is 115 cm³/mol. The first-order valence-electron chi connectivity index (χ1n) is 8.18. The van der Waals surface area contributed by atoms with Crippen LogP contribution in [0.25, 0.3) is 0 Å². The van der Waals surface area contributed by atoms with Gasteiger partial charge in [-0.05, 0) is 48.3 Å². The highest BCUT2D eigenvalue weighted by molar-refractivity contribution is 7.99. The minimum Gasteiger partial charge on any atom is -0.363 e. The molecular weight excluding hydrogens is 382 g/mol. The van der Waals surface area contributed by atoms with Crippen LogP contribution in [0.2, 0.25) is 0 Å². The van der Waals surface area contributed by atoms with Gasteiger partial charge in [0.15, 0.2) is 0 Å². The van der Waals surface area contributed by atoms with Gasteiger partial charge in [0.1, 0.15) is 11.6 Å². The largest absolute Gasteiger partial charge is 0.363 e. The van der Waals surface area contributed by atoms with Crippen LogP contribution in [0.4, 0.5) is 22.1 Å². The third kappa shape index (κ3) is 5.95. The van der Waals surface area contributed by atoms with E-state index in [1.165, 1.54) is 23.5 Å². The summed E-state index contributed by atoms with van der Waals surface area (Å²) in [4.78, 5) is 27.7. The molecule has 1 aromatic heterocycles. The summed E-state index contributed by atoms with van der Waals surface area (Å²) < 4.78 is 1.17. The molecule has 1 heterocycles. The summed E-state index contributed by atoms with van der Waals surface area (Å²) in [5.41, 5.74) is 0.707. The van der Waals surface area contributed by atoms with Gasteiger partial charge in [-0.15, -0.1) is 4.47 Å². The van der Waals surface area contributed by atoms with Crippen molar-refractivity contribution < 1.29 is 9.63 Å². The zero-order valence-corrected chi connectivity index (χ0v) is 18.0. The highest BCUT2D eigenvalue weighted by Gasteiger charge is 2.12. The molecule has 2 amide bonds. The van der Waals surface area contributed by atoms with E-state index in [0.717, 1.165) is 21.4 Å². The zero-order chi connectivity index (χ0) is 20.0. The van der Waals surface area contributed by atoms with Gasteiger partial charge < -0.3 is 15.1 Å². The fourth-order valence-electron chi connectivity index (χ4n) is 2.15. The first-order chi connectivity index (χ1) is 12.8. The molecule has 1 N–H and O–H groups in total. The molecule has 9 heteroatoms. The number of nitrogens with one attached hydrogen (secondary N) is 1. The van der Waals surface area contributed by atoms with Crippen LogP contribution in [0.15, 0.2) is 46.2 Å². The quantitative estimate of drug-likeness (QED) is 0.549. The maximum atomic E-state index is 12.0. The van der Waals surface area contributed by atoms with Crippen molar-refractivity contribution in [3.63, 3.8) is 0 Å². The Balaban J connectivity index is 2.13. The smallest absolute Gasteiger partial charge is 0.356 e. The van der Waals surface area contributed by atoms with Crippen LogP contribution in [-0.4, -0.2) is 57.0 Å². The van der Waals surface area contributed by atoms with E-state index in [9.17, 15) is 4.79 Å². The molecule has 0 aliphatic heterocycles. The predicted octanol–water partition coefficient (Wildman–Crippen LogP) is 4.04. The van der Waals surface area contributed by atoms with Crippen molar-refractivity contribution in [3.8, 4) is 0 Å². The Labute approximate surface area is 169 Å². The number of carbonyl (C=O) groups is 1. The molecule has 146 valence electrons. The minimum atomic E-state index is -0.328. The summed E-state index contributed by atoms with van der Waals surface area (Å²) in [6.07, 6.45) is 1.77. The number of pyridine rings is 1. The Bertz CT molecular complexity index is 739. The van der Waals surface area contributed by atoms with Crippen LogP contribution in [0.5, 0.6) is 0 Å². The van der Waals surface area contributed by atoms with Crippen LogP contribution in [0.1, 0.15) is 0 Å². The van der Waals surface area contributed by atoms with Crippen LogP contribution in [0.3, 0.4) is 0 Å². The SMILES string of the molecule is CON(SC)C(=O)Nc1ccc(Sc2cc(N(C)C)nc(N(C)C)c2)cc1. The van der Waals surface area contributed by atoms with Gasteiger partial charge >= 0.3 is 6.03 Å². The van der Waals surface area contributed by atoms with Gasteiger partial charge in [-0.1, -0.05) is 11.8 Å². The fourth-order valence-corrected chi connectivity index (χ4v) is 3.38. The molecule has 0 fully saturated rings. The van der Waals surface area contributed by atoms with Crippen LogP contribution < -0.4 is 15.1 Å². The van der Waals surface area contributed by atoms with Gasteiger partial charge in [-0.3, -0.25) is 4.84 Å². The third-order valence-corrected chi connectivity index (χ3v) is 5.15. The molecule has 0 atom stereocenters. The molecule has 0 radical (unpaired) electrons. The topological polar surface area (TPSA) is 60.9 Å². The second kappa shape index (κ2) is 9.72. The second-order valence-electron chi connectivity index (χ2n) is 5.99. The van der Waals surface area contributed by atoms with Gasteiger partial charge in [0.2, 0.25) is 0 Å². The lowest BCUT2D eigenvalue weighted by atomic mass is 10.3. The molecular formula is C18H25N5O2S2. The van der Waals surface area contributed by atoms with Gasteiger partial charge in [0.05, 0.1) is 7.11 Å². The molecule has 0 bridgehead atoms. The maximum Gasteiger partial charge on any atom is 0.356 e. The van der Waals surface area contributed by atoms with Gasteiger partial charge in [0.25, 0.3) is 0 Å². The van der Waals surface area contributed by atoms with Crippen molar-refractivity contribution in [1.29, 1.82) is 0 Å². The summed E-state index contributed by atoms with van der Waals surface area (Å²) >= 11 is 2.84. The van der Waals surface area contributed by atoms with E-state index < -0.39 is 0 Å². The number of benzene rings is 1. The second-order valence-corrected chi connectivity index (χ2v) is 7.83. The maximum absolute atomic E-state index is 12.0. The van der Waals surface area contributed by atoms with E-state index in [-0.39, 0.29) is 6.03 Å². The van der Waals surface area contributed by atoms with Crippen molar-refractivity contribution in [1.82, 2.24) is 9.45 Å². The number of hydrogen-bond acceptors (Lipinski definition) is 7. The van der Waals surface area contributed by atoms with Crippen LogP contribution >= 0.6 is 23.7 Å². The molecule has 27 heavy (non-hydrogen) atoms. The third-order valence-electron chi connectivity index (χ3n) is 3.53. The average Bonchev–Trinajstić information content (AvgIpc) is 2.64. The summed E-state index contributed by atoms with van der Waals surface area (Å²) in [6, 6.07) is 11.5. The Kier molecular flexibility index (Phi) is 7.64. The van der Waals surface area contributed by atoms with Crippen LogP contribution in [-0.2, 0) is 4.84 Å². The minimum absolute atomic E-state index is 0.328. The van der Waals surface area contributed by atoms with E-state index in [0.29, 0.717) is 5.69 Å². The number of rotatable bonds is 7. The number of amides is 2. The van der Waals surface area contributed by atoms with Crippen LogP contribution in [0, 0.1) is 0 Å². The lowest BCUT2D eigenvalue weighted by Crippen LogP contribution is -2.27. The molecule has 2 aromatic rings. The molecule has 0 unspecified atom stereocenters. The van der Waals surface area contributed by atoms with Crippen molar-refractivity contribution in [2.75, 3.05) is 56.7 Å². The standard InChI is InChI=1S/C18H25N5O2S2/c1-21(2)16-11-15(12-17(20-16)22(3)4)27-14-9-7-13(8-10-14)19-18(24)23(25-5)26-6/h7-12H,1-6H3,(H,19,24). The van der Waals surface area contributed by atoms with E-state index >= 15 is 0 Å². The average molecular weight is 408 g/mol. The number of anilines is 3.